The van der Waals surface area contributed by atoms with E-state index in [1.54, 1.807) is 24.3 Å². The van der Waals surface area contributed by atoms with Gasteiger partial charge >= 0.3 is 6.03 Å². The Labute approximate surface area is 121 Å². The number of anilines is 1. The van der Waals surface area contributed by atoms with Gasteiger partial charge in [0.25, 0.3) is 0 Å². The highest BCUT2D eigenvalue weighted by Gasteiger charge is 2.22. The van der Waals surface area contributed by atoms with E-state index in [0.29, 0.717) is 23.7 Å². The third-order valence-corrected chi connectivity index (χ3v) is 3.79. The number of benzene rings is 1. The van der Waals surface area contributed by atoms with E-state index in [2.05, 4.69) is 38.3 Å². The summed E-state index contributed by atoms with van der Waals surface area (Å²) in [5.41, 5.74) is 1.25. The van der Waals surface area contributed by atoms with Crippen molar-refractivity contribution in [3.8, 4) is 0 Å². The van der Waals surface area contributed by atoms with E-state index in [1.165, 1.54) is 6.92 Å². The van der Waals surface area contributed by atoms with Crippen molar-refractivity contribution in [2.45, 2.75) is 34.6 Å². The zero-order valence-electron chi connectivity index (χ0n) is 12.9. The number of carbonyl (C=O) groups excluding carboxylic acids is 2. The minimum absolute atomic E-state index is 0.0185. The van der Waals surface area contributed by atoms with Crippen molar-refractivity contribution < 1.29 is 9.59 Å². The van der Waals surface area contributed by atoms with Gasteiger partial charge < -0.3 is 10.6 Å². The second-order valence-electron chi connectivity index (χ2n) is 6.09. The summed E-state index contributed by atoms with van der Waals surface area (Å²) in [4.78, 5) is 23.1. The molecule has 4 nitrogen and oxygen atoms in total. The van der Waals surface area contributed by atoms with E-state index in [4.69, 9.17) is 0 Å². The molecule has 0 radical (unpaired) electrons. The highest BCUT2D eigenvalue weighted by atomic mass is 16.2. The predicted octanol–water partition coefficient (Wildman–Crippen LogP) is 3.69. The molecule has 110 valence electrons. The molecule has 0 spiro atoms. The Morgan fingerprint density at radius 3 is 2.45 bits per heavy atom. The molecule has 20 heavy (non-hydrogen) atoms. The molecular formula is C16H24N2O2. The number of carbonyl (C=O) groups is 2. The van der Waals surface area contributed by atoms with Crippen LogP contribution in [0.3, 0.4) is 0 Å². The normalized spacial score (nSPS) is 11.3. The first-order valence-electron chi connectivity index (χ1n) is 6.88. The fourth-order valence-corrected chi connectivity index (χ4v) is 1.50. The predicted molar refractivity (Wildman–Crippen MR) is 82.1 cm³/mol. The zero-order valence-corrected chi connectivity index (χ0v) is 12.9. The molecular weight excluding hydrogens is 252 g/mol. The van der Waals surface area contributed by atoms with Gasteiger partial charge in [0.1, 0.15) is 0 Å². The average Bonchev–Trinajstić information content (AvgIpc) is 2.36. The van der Waals surface area contributed by atoms with Gasteiger partial charge in [0, 0.05) is 17.8 Å². The van der Waals surface area contributed by atoms with Crippen molar-refractivity contribution in [3.05, 3.63) is 29.8 Å². The lowest BCUT2D eigenvalue weighted by Gasteiger charge is -2.29. The third kappa shape index (κ3) is 4.68. The molecule has 2 N–H and O–H groups in total. The van der Waals surface area contributed by atoms with Gasteiger partial charge in [-0.3, -0.25) is 4.79 Å². The highest BCUT2D eigenvalue weighted by molar-refractivity contribution is 5.96. The van der Waals surface area contributed by atoms with Crippen LogP contribution in [0.25, 0.3) is 0 Å². The summed E-state index contributed by atoms with van der Waals surface area (Å²) in [6.45, 7) is 10.6. The van der Waals surface area contributed by atoms with E-state index in [9.17, 15) is 9.59 Å². The topological polar surface area (TPSA) is 58.2 Å². The van der Waals surface area contributed by atoms with Crippen LogP contribution in [0.2, 0.25) is 0 Å². The van der Waals surface area contributed by atoms with Crippen LogP contribution in [0.4, 0.5) is 10.5 Å². The fraction of sp³-hybridized carbons (Fsp3) is 0.500. The van der Waals surface area contributed by atoms with Crippen molar-refractivity contribution >= 4 is 17.5 Å². The molecule has 0 bridgehead atoms. The van der Waals surface area contributed by atoms with Gasteiger partial charge in [0.15, 0.2) is 5.78 Å². The smallest absolute Gasteiger partial charge is 0.319 e. The molecule has 0 unspecified atom stereocenters. The average molecular weight is 276 g/mol. The fourth-order valence-electron chi connectivity index (χ4n) is 1.50. The van der Waals surface area contributed by atoms with Crippen molar-refractivity contribution in [2.24, 2.45) is 11.3 Å². The number of ketones is 1. The van der Waals surface area contributed by atoms with Crippen LogP contribution in [0.5, 0.6) is 0 Å². The first-order chi connectivity index (χ1) is 9.22. The van der Waals surface area contributed by atoms with Crippen LogP contribution in [-0.4, -0.2) is 18.4 Å². The van der Waals surface area contributed by atoms with E-state index < -0.39 is 0 Å². The van der Waals surface area contributed by atoms with Crippen LogP contribution < -0.4 is 10.6 Å². The SMILES string of the molecule is CC(=O)c1cccc(NC(=O)NCC(C)(C)C(C)C)c1. The van der Waals surface area contributed by atoms with Gasteiger partial charge in [-0.2, -0.15) is 0 Å². The molecule has 0 atom stereocenters. The van der Waals surface area contributed by atoms with Crippen LogP contribution in [0.1, 0.15) is 45.0 Å². The molecule has 0 heterocycles. The van der Waals surface area contributed by atoms with Crippen molar-refractivity contribution in [3.63, 3.8) is 0 Å². The largest absolute Gasteiger partial charge is 0.337 e. The molecule has 1 aromatic rings. The van der Waals surface area contributed by atoms with Crippen LogP contribution in [0.15, 0.2) is 24.3 Å². The lowest BCUT2D eigenvalue weighted by molar-refractivity contribution is 0.101. The molecule has 0 aliphatic heterocycles. The maximum atomic E-state index is 11.9. The van der Waals surface area contributed by atoms with Crippen LogP contribution >= 0.6 is 0 Å². The van der Waals surface area contributed by atoms with Crippen molar-refractivity contribution in [2.75, 3.05) is 11.9 Å². The van der Waals surface area contributed by atoms with Gasteiger partial charge in [-0.25, -0.2) is 4.79 Å². The summed E-state index contributed by atoms with van der Waals surface area (Å²) in [5.74, 6) is 0.457. The number of nitrogens with one attached hydrogen (secondary N) is 2. The van der Waals surface area contributed by atoms with E-state index in [-0.39, 0.29) is 17.2 Å². The summed E-state index contributed by atoms with van der Waals surface area (Å²) < 4.78 is 0. The number of rotatable bonds is 5. The van der Waals surface area contributed by atoms with Gasteiger partial charge in [-0.1, -0.05) is 39.8 Å². The van der Waals surface area contributed by atoms with E-state index >= 15 is 0 Å². The Hall–Kier alpha value is -1.84. The van der Waals surface area contributed by atoms with Gasteiger partial charge in [-0.05, 0) is 30.4 Å². The summed E-state index contributed by atoms with van der Waals surface area (Å²) in [6.07, 6.45) is 0. The first kappa shape index (κ1) is 16.2. The lowest BCUT2D eigenvalue weighted by atomic mass is 9.81. The Kier molecular flexibility index (Phi) is 5.31. The minimum atomic E-state index is -0.251. The molecule has 0 fully saturated rings. The molecule has 1 aromatic carbocycles. The molecule has 4 heteroatoms. The summed E-state index contributed by atoms with van der Waals surface area (Å²) in [6, 6.07) is 6.67. The number of Topliss-reactive ketones (excluding diaryl/α,β-unsaturated/α-hetero) is 1. The summed E-state index contributed by atoms with van der Waals surface area (Å²) in [5, 5.41) is 5.61. The third-order valence-electron chi connectivity index (χ3n) is 3.79. The Bertz CT molecular complexity index is 493. The summed E-state index contributed by atoms with van der Waals surface area (Å²) in [7, 11) is 0. The number of hydrogen-bond donors (Lipinski definition) is 2. The van der Waals surface area contributed by atoms with Crippen LogP contribution in [0, 0.1) is 11.3 Å². The van der Waals surface area contributed by atoms with Gasteiger partial charge in [0.05, 0.1) is 0 Å². The molecule has 0 aliphatic rings. The lowest BCUT2D eigenvalue weighted by Crippen LogP contribution is -2.39. The second kappa shape index (κ2) is 6.55. The highest BCUT2D eigenvalue weighted by Crippen LogP contribution is 2.24. The molecule has 1 rings (SSSR count). The molecule has 0 saturated heterocycles. The monoisotopic (exact) mass is 276 g/mol. The number of hydrogen-bond acceptors (Lipinski definition) is 2. The zero-order chi connectivity index (χ0) is 15.3. The van der Waals surface area contributed by atoms with Crippen molar-refractivity contribution in [1.29, 1.82) is 0 Å². The second-order valence-corrected chi connectivity index (χ2v) is 6.09. The molecule has 2 amide bonds. The molecule has 0 aliphatic carbocycles. The van der Waals surface area contributed by atoms with Crippen LogP contribution in [-0.2, 0) is 0 Å². The standard InChI is InChI=1S/C16H24N2O2/c1-11(2)16(4,5)10-17-15(20)18-14-8-6-7-13(9-14)12(3)19/h6-9,11H,10H2,1-5H3,(H2,17,18,20). The number of urea groups is 1. The number of amides is 2. The first-order valence-corrected chi connectivity index (χ1v) is 6.88. The quantitative estimate of drug-likeness (QED) is 0.806. The molecule has 0 aromatic heterocycles. The maximum Gasteiger partial charge on any atom is 0.319 e. The Balaban J connectivity index is 2.59. The van der Waals surface area contributed by atoms with E-state index in [1.807, 2.05) is 0 Å². The minimum Gasteiger partial charge on any atom is -0.337 e. The molecule has 0 saturated carbocycles. The van der Waals surface area contributed by atoms with Gasteiger partial charge in [0.2, 0.25) is 0 Å². The summed E-state index contributed by atoms with van der Waals surface area (Å²) >= 11 is 0. The Morgan fingerprint density at radius 2 is 1.90 bits per heavy atom. The van der Waals surface area contributed by atoms with Crippen molar-refractivity contribution in [1.82, 2.24) is 5.32 Å². The van der Waals surface area contributed by atoms with E-state index in [0.717, 1.165) is 0 Å². The Morgan fingerprint density at radius 1 is 1.25 bits per heavy atom. The maximum absolute atomic E-state index is 11.9. The van der Waals surface area contributed by atoms with Gasteiger partial charge in [-0.15, -0.1) is 0 Å².